The molecule has 4 nitrogen and oxygen atoms in total. The minimum Gasteiger partial charge on any atom is -0.392 e. The van der Waals surface area contributed by atoms with Gasteiger partial charge in [-0.3, -0.25) is 10.1 Å². The van der Waals surface area contributed by atoms with E-state index in [0.717, 1.165) is 6.07 Å². The summed E-state index contributed by atoms with van der Waals surface area (Å²) in [7, 11) is 0. The summed E-state index contributed by atoms with van der Waals surface area (Å²) < 4.78 is 13.8. The van der Waals surface area contributed by atoms with E-state index in [4.69, 9.17) is 7.85 Å². The molecule has 0 radical (unpaired) electrons. The third-order valence-corrected chi connectivity index (χ3v) is 1.19. The van der Waals surface area contributed by atoms with Gasteiger partial charge in [0.15, 0.2) is 0 Å². The van der Waals surface area contributed by atoms with Crippen LogP contribution < -0.4 is 0 Å². The number of hydrogen-bond acceptors (Lipinski definition) is 3. The molecule has 1 rings (SSSR count). The maximum absolute atomic E-state index is 10.3. The molecule has 0 fully saturated rings. The van der Waals surface area contributed by atoms with Crippen LogP contribution in [0.4, 0.5) is 5.69 Å². The maximum Gasteiger partial charge on any atom is 0.269 e. The molecule has 4 heteroatoms. The monoisotopic (exact) mass is 155 g/mol. The summed E-state index contributed by atoms with van der Waals surface area (Å²) in [6, 6.07) is 4.84. The summed E-state index contributed by atoms with van der Waals surface area (Å²) >= 11 is 0. The predicted octanol–water partition coefficient (Wildman–Crippen LogP) is 1.09. The fraction of sp³-hybridized carbons (Fsp3) is 0.143. The Kier molecular flexibility index (Phi) is 1.49. The van der Waals surface area contributed by atoms with E-state index in [9.17, 15) is 10.1 Å². The molecule has 1 aromatic rings. The van der Waals surface area contributed by atoms with Gasteiger partial charge < -0.3 is 5.11 Å². The van der Waals surface area contributed by atoms with E-state index >= 15 is 0 Å². The van der Waals surface area contributed by atoms with Gasteiger partial charge in [-0.05, 0) is 5.56 Å². The van der Waals surface area contributed by atoms with E-state index in [1.807, 2.05) is 0 Å². The molecule has 1 N–H and O–H groups in total. The molecule has 0 aromatic heterocycles. The quantitative estimate of drug-likeness (QED) is 0.513. The van der Waals surface area contributed by atoms with E-state index in [1.54, 1.807) is 0 Å². The number of non-ortho nitro benzene ring substituents is 1. The zero-order chi connectivity index (χ0) is 10.1. The molecule has 0 bridgehead atoms. The number of rotatable bonds is 2. The van der Waals surface area contributed by atoms with Crippen molar-refractivity contribution in [3.8, 4) is 0 Å². The largest absolute Gasteiger partial charge is 0.392 e. The van der Waals surface area contributed by atoms with Crippen LogP contribution in [0.2, 0.25) is 0 Å². The smallest absolute Gasteiger partial charge is 0.269 e. The summed E-state index contributed by atoms with van der Waals surface area (Å²) in [6.45, 7) is -2.54. The molecule has 58 valence electrons. The first-order chi connectivity index (χ1) is 5.91. The second-order valence-corrected chi connectivity index (χ2v) is 1.92. The summed E-state index contributed by atoms with van der Waals surface area (Å²) in [5.74, 6) is 0. The zero-order valence-corrected chi connectivity index (χ0v) is 5.52. The Balaban J connectivity index is 3.13. The van der Waals surface area contributed by atoms with E-state index in [0.29, 0.717) is 0 Å². The van der Waals surface area contributed by atoms with Gasteiger partial charge >= 0.3 is 0 Å². The lowest BCUT2D eigenvalue weighted by Gasteiger charge is -1.93. The van der Waals surface area contributed by atoms with Crippen molar-refractivity contribution in [1.82, 2.24) is 0 Å². The average Bonchev–Trinajstić information content (AvgIpc) is 2.03. The first-order valence-electron chi connectivity index (χ1n) is 3.88. The van der Waals surface area contributed by atoms with Gasteiger partial charge in [0.2, 0.25) is 0 Å². The number of benzene rings is 1. The van der Waals surface area contributed by atoms with Gasteiger partial charge in [0.25, 0.3) is 5.69 Å². The van der Waals surface area contributed by atoms with Crippen LogP contribution in [0.25, 0.3) is 0 Å². The molecule has 0 spiro atoms. The Morgan fingerprint density at radius 1 is 1.73 bits per heavy atom. The number of nitro benzene ring substituents is 1. The van der Waals surface area contributed by atoms with Crippen LogP contribution in [0.15, 0.2) is 24.3 Å². The number of nitro groups is 1. The van der Waals surface area contributed by atoms with Crippen LogP contribution >= 0.6 is 0 Å². The molecule has 0 aliphatic carbocycles. The van der Waals surface area contributed by atoms with Crippen molar-refractivity contribution in [3.05, 3.63) is 39.9 Å². The van der Waals surface area contributed by atoms with Crippen LogP contribution in [0.5, 0.6) is 0 Å². The van der Waals surface area contributed by atoms with Crippen molar-refractivity contribution in [2.75, 3.05) is 0 Å². The SMILES string of the molecule is [2H]C([2H])(O)c1cccc([N+](=O)[O-])c1. The van der Waals surface area contributed by atoms with E-state index < -0.39 is 11.5 Å². The third-order valence-electron chi connectivity index (χ3n) is 1.19. The lowest BCUT2D eigenvalue weighted by atomic mass is 10.2. The Labute approximate surface area is 66.1 Å². The second kappa shape index (κ2) is 3.12. The first-order valence-corrected chi connectivity index (χ1v) is 2.88. The van der Waals surface area contributed by atoms with Gasteiger partial charge in [-0.2, -0.15) is 0 Å². The first kappa shape index (κ1) is 5.26. The molecule has 0 saturated heterocycles. The van der Waals surface area contributed by atoms with Crippen LogP contribution in [-0.2, 0) is 6.56 Å². The van der Waals surface area contributed by atoms with Gasteiger partial charge in [0, 0.05) is 12.1 Å². The maximum atomic E-state index is 10.3. The molecule has 0 saturated carbocycles. The Morgan fingerprint density at radius 3 is 3.00 bits per heavy atom. The molecule has 0 amide bonds. The minimum absolute atomic E-state index is 0.123. The van der Waals surface area contributed by atoms with Crippen molar-refractivity contribution < 1.29 is 12.8 Å². The van der Waals surface area contributed by atoms with Crippen LogP contribution in [-0.4, -0.2) is 10.0 Å². The van der Waals surface area contributed by atoms with Crippen LogP contribution in [0.3, 0.4) is 0 Å². The van der Waals surface area contributed by atoms with Gasteiger partial charge in [0.05, 0.1) is 14.2 Å². The Hall–Kier alpha value is -1.42. The molecule has 0 aliphatic rings. The van der Waals surface area contributed by atoms with Crippen molar-refractivity contribution in [2.24, 2.45) is 0 Å². The highest BCUT2D eigenvalue weighted by molar-refractivity contribution is 5.33. The predicted molar refractivity (Wildman–Crippen MR) is 39.0 cm³/mol. The highest BCUT2D eigenvalue weighted by Gasteiger charge is 2.03. The van der Waals surface area contributed by atoms with Gasteiger partial charge in [-0.25, -0.2) is 0 Å². The lowest BCUT2D eigenvalue weighted by Crippen LogP contribution is -1.89. The summed E-state index contributed by atoms with van der Waals surface area (Å²) in [5.41, 5.74) is -0.364. The Morgan fingerprint density at radius 2 is 2.45 bits per heavy atom. The average molecular weight is 155 g/mol. The number of nitrogens with zero attached hydrogens (tertiary/aromatic N) is 1. The van der Waals surface area contributed by atoms with E-state index in [-0.39, 0.29) is 11.3 Å². The van der Waals surface area contributed by atoms with Gasteiger partial charge in [-0.15, -0.1) is 0 Å². The molecule has 0 unspecified atom stereocenters. The fourth-order valence-corrected chi connectivity index (χ4v) is 0.689. The summed E-state index contributed by atoms with van der Waals surface area (Å²) in [4.78, 5) is 9.64. The topological polar surface area (TPSA) is 63.4 Å². The van der Waals surface area contributed by atoms with Crippen LogP contribution in [0.1, 0.15) is 8.30 Å². The van der Waals surface area contributed by atoms with Crippen molar-refractivity contribution in [3.63, 3.8) is 0 Å². The van der Waals surface area contributed by atoms with Crippen molar-refractivity contribution in [2.45, 2.75) is 6.56 Å². The second-order valence-electron chi connectivity index (χ2n) is 1.92. The van der Waals surface area contributed by atoms with E-state index in [2.05, 4.69) is 0 Å². The van der Waals surface area contributed by atoms with E-state index in [1.165, 1.54) is 18.2 Å². The van der Waals surface area contributed by atoms with Gasteiger partial charge in [-0.1, -0.05) is 12.1 Å². The zero-order valence-electron chi connectivity index (χ0n) is 7.52. The normalized spacial score (nSPS) is 13.5. The number of aliphatic hydroxyl groups is 1. The summed E-state index contributed by atoms with van der Waals surface area (Å²) in [6.07, 6.45) is 0. The molecule has 1 aromatic carbocycles. The fourth-order valence-electron chi connectivity index (χ4n) is 0.689. The van der Waals surface area contributed by atoms with Crippen LogP contribution in [0, 0.1) is 10.1 Å². The Bertz CT molecular complexity index is 335. The van der Waals surface area contributed by atoms with Gasteiger partial charge in [0.1, 0.15) is 0 Å². The highest BCUT2D eigenvalue weighted by atomic mass is 16.6. The van der Waals surface area contributed by atoms with Crippen molar-refractivity contribution in [1.29, 1.82) is 0 Å². The molecular formula is C7H7NO3. The van der Waals surface area contributed by atoms with Crippen molar-refractivity contribution >= 4 is 5.69 Å². The minimum atomic E-state index is -2.54. The molecular weight excluding hydrogens is 146 g/mol. The standard InChI is InChI=1S/C7H7NO3/c9-5-6-2-1-3-7(4-6)8(10)11/h1-4,9H,5H2/i5D2. The summed E-state index contributed by atoms with van der Waals surface area (Å²) in [5, 5.41) is 19.2. The number of hydrogen-bond donors (Lipinski definition) is 1. The third kappa shape index (κ3) is 1.75. The molecule has 0 heterocycles. The lowest BCUT2D eigenvalue weighted by molar-refractivity contribution is -0.384. The molecule has 0 aliphatic heterocycles. The molecule has 0 atom stereocenters. The molecule has 11 heavy (non-hydrogen) atoms. The highest BCUT2D eigenvalue weighted by Crippen LogP contribution is 2.12.